The summed E-state index contributed by atoms with van der Waals surface area (Å²) in [4.78, 5) is 11.2. The van der Waals surface area contributed by atoms with Gasteiger partial charge in [-0.3, -0.25) is 4.79 Å². The third-order valence-electron chi connectivity index (χ3n) is 3.53. The highest BCUT2D eigenvalue weighted by molar-refractivity contribution is 5.76. The first kappa shape index (κ1) is 11.9. The van der Waals surface area contributed by atoms with E-state index in [0.717, 1.165) is 24.1 Å². The van der Waals surface area contributed by atoms with E-state index < -0.39 is 11.9 Å². The third-order valence-corrected chi connectivity index (χ3v) is 3.53. The lowest BCUT2D eigenvalue weighted by Crippen LogP contribution is -2.18. The summed E-state index contributed by atoms with van der Waals surface area (Å²) in [7, 11) is 0. The van der Waals surface area contributed by atoms with Crippen LogP contribution in [0.25, 0.3) is 5.69 Å². The lowest BCUT2D eigenvalue weighted by molar-refractivity contribution is -0.139. The first-order valence-electron chi connectivity index (χ1n) is 6.22. The fourth-order valence-electron chi connectivity index (χ4n) is 2.64. The zero-order valence-corrected chi connectivity index (χ0v) is 10.2. The van der Waals surface area contributed by atoms with Crippen LogP contribution >= 0.6 is 0 Å². The molecule has 0 amide bonds. The van der Waals surface area contributed by atoms with E-state index in [2.05, 4.69) is 5.10 Å². The van der Waals surface area contributed by atoms with Crippen LogP contribution in [0.3, 0.4) is 0 Å². The Hall–Kier alpha value is -2.17. The SMILES string of the molecule is O=C(O)C1CCCc2c1cnn2-c1cccc(F)c1. The molecule has 1 aromatic carbocycles. The molecule has 1 aliphatic carbocycles. The number of carboxylic acid groups (broad SMARTS) is 1. The second-order valence-corrected chi connectivity index (χ2v) is 4.72. The summed E-state index contributed by atoms with van der Waals surface area (Å²) in [6, 6.07) is 6.16. The van der Waals surface area contributed by atoms with Crippen molar-refractivity contribution in [1.29, 1.82) is 0 Å². The molecule has 0 saturated carbocycles. The number of benzene rings is 1. The molecule has 1 aromatic heterocycles. The Balaban J connectivity index is 2.08. The van der Waals surface area contributed by atoms with Crippen molar-refractivity contribution in [2.45, 2.75) is 25.2 Å². The summed E-state index contributed by atoms with van der Waals surface area (Å²) >= 11 is 0. The highest BCUT2D eigenvalue weighted by Gasteiger charge is 2.29. The van der Waals surface area contributed by atoms with Crippen LogP contribution < -0.4 is 0 Å². The number of rotatable bonds is 2. The minimum absolute atomic E-state index is 0.327. The summed E-state index contributed by atoms with van der Waals surface area (Å²) in [6.45, 7) is 0. The molecule has 3 rings (SSSR count). The zero-order chi connectivity index (χ0) is 13.4. The van der Waals surface area contributed by atoms with Gasteiger partial charge in [0.15, 0.2) is 0 Å². The Morgan fingerprint density at radius 3 is 3.05 bits per heavy atom. The fraction of sp³-hybridized carbons (Fsp3) is 0.286. The Morgan fingerprint density at radius 1 is 1.47 bits per heavy atom. The van der Waals surface area contributed by atoms with E-state index >= 15 is 0 Å². The normalized spacial score (nSPS) is 18.1. The number of nitrogens with zero attached hydrogens (tertiary/aromatic N) is 2. The molecule has 1 aliphatic rings. The zero-order valence-electron chi connectivity index (χ0n) is 10.2. The number of halogens is 1. The number of hydrogen-bond acceptors (Lipinski definition) is 2. The molecule has 0 spiro atoms. The molecule has 0 aliphatic heterocycles. The average molecular weight is 260 g/mol. The molecule has 1 atom stereocenters. The summed E-state index contributed by atoms with van der Waals surface area (Å²) in [5.41, 5.74) is 2.26. The Morgan fingerprint density at radius 2 is 2.32 bits per heavy atom. The molecule has 4 nitrogen and oxygen atoms in total. The van der Waals surface area contributed by atoms with Crippen LogP contribution in [0.1, 0.15) is 30.0 Å². The number of aliphatic carboxylic acids is 1. The monoisotopic (exact) mass is 260 g/mol. The predicted octanol–water partition coefficient (Wildman–Crippen LogP) is 2.52. The molecular formula is C14H13FN2O2. The highest BCUT2D eigenvalue weighted by Crippen LogP contribution is 2.32. The van der Waals surface area contributed by atoms with Crippen molar-refractivity contribution >= 4 is 5.97 Å². The molecule has 0 fully saturated rings. The molecule has 1 heterocycles. The molecule has 1 N–H and O–H groups in total. The summed E-state index contributed by atoms with van der Waals surface area (Å²) in [5.74, 6) is -1.64. The lowest BCUT2D eigenvalue weighted by Gasteiger charge is -2.19. The smallest absolute Gasteiger partial charge is 0.311 e. The minimum Gasteiger partial charge on any atom is -0.481 e. The van der Waals surface area contributed by atoms with E-state index in [1.54, 1.807) is 23.0 Å². The van der Waals surface area contributed by atoms with Crippen LogP contribution in [-0.2, 0) is 11.2 Å². The van der Waals surface area contributed by atoms with Gasteiger partial charge >= 0.3 is 5.97 Å². The van der Waals surface area contributed by atoms with Gasteiger partial charge in [0.25, 0.3) is 0 Å². The lowest BCUT2D eigenvalue weighted by atomic mass is 9.87. The van der Waals surface area contributed by atoms with E-state index in [1.165, 1.54) is 12.1 Å². The quantitative estimate of drug-likeness (QED) is 0.902. The van der Waals surface area contributed by atoms with E-state index in [0.29, 0.717) is 12.1 Å². The van der Waals surface area contributed by atoms with Crippen LogP contribution in [0.15, 0.2) is 30.5 Å². The van der Waals surface area contributed by atoms with Gasteiger partial charge in [0.1, 0.15) is 5.82 Å². The van der Waals surface area contributed by atoms with Crippen LogP contribution in [0.5, 0.6) is 0 Å². The first-order valence-corrected chi connectivity index (χ1v) is 6.22. The number of aromatic nitrogens is 2. The topological polar surface area (TPSA) is 55.1 Å². The van der Waals surface area contributed by atoms with Crippen molar-refractivity contribution in [3.05, 3.63) is 47.5 Å². The largest absolute Gasteiger partial charge is 0.481 e. The van der Waals surface area contributed by atoms with E-state index in [1.807, 2.05) is 0 Å². The van der Waals surface area contributed by atoms with Crippen molar-refractivity contribution in [1.82, 2.24) is 9.78 Å². The van der Waals surface area contributed by atoms with Crippen molar-refractivity contribution in [3.63, 3.8) is 0 Å². The average Bonchev–Trinajstić information content (AvgIpc) is 2.82. The number of carboxylic acids is 1. The molecule has 0 saturated heterocycles. The maximum absolute atomic E-state index is 13.3. The maximum Gasteiger partial charge on any atom is 0.311 e. The van der Waals surface area contributed by atoms with Gasteiger partial charge in [0, 0.05) is 11.3 Å². The van der Waals surface area contributed by atoms with Crippen LogP contribution in [0, 0.1) is 5.82 Å². The summed E-state index contributed by atoms with van der Waals surface area (Å²) in [5, 5.41) is 13.4. The minimum atomic E-state index is -0.820. The van der Waals surface area contributed by atoms with Gasteiger partial charge < -0.3 is 5.11 Å². The van der Waals surface area contributed by atoms with E-state index in [9.17, 15) is 14.3 Å². The standard InChI is InChI=1S/C14H13FN2O2/c15-9-3-1-4-10(7-9)17-13-6-2-5-11(14(18)19)12(13)8-16-17/h1,3-4,7-8,11H,2,5-6H2,(H,18,19). The molecule has 98 valence electrons. The van der Waals surface area contributed by atoms with Gasteiger partial charge in [-0.15, -0.1) is 0 Å². The highest BCUT2D eigenvalue weighted by atomic mass is 19.1. The van der Waals surface area contributed by atoms with Crippen LogP contribution in [-0.4, -0.2) is 20.9 Å². The van der Waals surface area contributed by atoms with Gasteiger partial charge in [-0.05, 0) is 37.5 Å². The second-order valence-electron chi connectivity index (χ2n) is 4.72. The van der Waals surface area contributed by atoms with Crippen LogP contribution in [0.4, 0.5) is 4.39 Å². The van der Waals surface area contributed by atoms with Gasteiger partial charge in [-0.25, -0.2) is 9.07 Å². The predicted molar refractivity (Wildman–Crippen MR) is 66.8 cm³/mol. The fourth-order valence-corrected chi connectivity index (χ4v) is 2.64. The van der Waals surface area contributed by atoms with Crippen molar-refractivity contribution in [2.75, 3.05) is 0 Å². The van der Waals surface area contributed by atoms with Crippen molar-refractivity contribution in [2.24, 2.45) is 0 Å². The Bertz CT molecular complexity index is 636. The molecule has 1 unspecified atom stereocenters. The molecule has 19 heavy (non-hydrogen) atoms. The van der Waals surface area contributed by atoms with Gasteiger partial charge in [0.2, 0.25) is 0 Å². The Kier molecular flexibility index (Phi) is 2.81. The third kappa shape index (κ3) is 2.01. The molecule has 2 aromatic rings. The molecular weight excluding hydrogens is 247 g/mol. The molecule has 5 heteroatoms. The number of hydrogen-bond donors (Lipinski definition) is 1. The van der Waals surface area contributed by atoms with Gasteiger partial charge in [-0.1, -0.05) is 6.07 Å². The summed E-state index contributed by atoms with van der Waals surface area (Å²) < 4.78 is 14.9. The van der Waals surface area contributed by atoms with Gasteiger partial charge in [0.05, 0.1) is 17.8 Å². The second kappa shape index (κ2) is 4.50. The van der Waals surface area contributed by atoms with Crippen LogP contribution in [0.2, 0.25) is 0 Å². The molecule has 0 radical (unpaired) electrons. The van der Waals surface area contributed by atoms with Gasteiger partial charge in [-0.2, -0.15) is 5.10 Å². The first-order chi connectivity index (χ1) is 9.16. The summed E-state index contributed by atoms with van der Waals surface area (Å²) in [6.07, 6.45) is 3.82. The number of carbonyl (C=O) groups is 1. The van der Waals surface area contributed by atoms with E-state index in [-0.39, 0.29) is 5.82 Å². The van der Waals surface area contributed by atoms with Crippen molar-refractivity contribution < 1.29 is 14.3 Å². The number of fused-ring (bicyclic) bond motifs is 1. The van der Waals surface area contributed by atoms with E-state index in [4.69, 9.17) is 0 Å². The van der Waals surface area contributed by atoms with Crippen molar-refractivity contribution in [3.8, 4) is 5.69 Å². The Labute approximate surface area is 109 Å². The molecule has 0 bridgehead atoms. The maximum atomic E-state index is 13.3.